The number of benzene rings is 2. The molecular formula is C19H17ClFNO3. The summed E-state index contributed by atoms with van der Waals surface area (Å²) in [6.45, 7) is 1.47. The van der Waals surface area contributed by atoms with E-state index >= 15 is 0 Å². The highest BCUT2D eigenvalue weighted by Gasteiger charge is 2.21. The van der Waals surface area contributed by atoms with Crippen LogP contribution in [0.15, 0.2) is 36.4 Å². The minimum atomic E-state index is -1.01. The van der Waals surface area contributed by atoms with Gasteiger partial charge in [0.25, 0.3) is 5.91 Å². The van der Waals surface area contributed by atoms with Gasteiger partial charge in [0.2, 0.25) is 0 Å². The molecule has 0 saturated carbocycles. The molecule has 2 aromatic carbocycles. The van der Waals surface area contributed by atoms with Gasteiger partial charge in [-0.05, 0) is 67.6 Å². The highest BCUT2D eigenvalue weighted by atomic mass is 35.5. The van der Waals surface area contributed by atoms with Crippen molar-refractivity contribution < 1.29 is 18.7 Å². The van der Waals surface area contributed by atoms with Crippen LogP contribution >= 0.6 is 11.6 Å². The molecule has 0 saturated heterocycles. The molecule has 1 atom stereocenters. The number of rotatable bonds is 4. The maximum absolute atomic E-state index is 13.0. The molecule has 130 valence electrons. The largest absolute Gasteiger partial charge is 0.449 e. The molecule has 0 spiro atoms. The van der Waals surface area contributed by atoms with Crippen molar-refractivity contribution in [2.75, 3.05) is 5.32 Å². The second kappa shape index (κ2) is 7.23. The van der Waals surface area contributed by atoms with Crippen molar-refractivity contribution in [3.05, 3.63) is 63.9 Å². The molecule has 0 heterocycles. The van der Waals surface area contributed by atoms with Crippen LogP contribution in [0.25, 0.3) is 0 Å². The first-order valence-corrected chi connectivity index (χ1v) is 8.40. The van der Waals surface area contributed by atoms with E-state index in [1.54, 1.807) is 6.07 Å². The van der Waals surface area contributed by atoms with Crippen LogP contribution < -0.4 is 5.32 Å². The lowest BCUT2D eigenvalue weighted by Crippen LogP contribution is -2.30. The zero-order valence-corrected chi connectivity index (χ0v) is 14.4. The fourth-order valence-electron chi connectivity index (χ4n) is 2.81. The molecule has 2 aromatic rings. The zero-order chi connectivity index (χ0) is 18.0. The van der Waals surface area contributed by atoms with Crippen LogP contribution in [-0.4, -0.2) is 18.0 Å². The van der Waals surface area contributed by atoms with Gasteiger partial charge in [0, 0.05) is 0 Å². The molecule has 0 radical (unpaired) electrons. The van der Waals surface area contributed by atoms with E-state index in [9.17, 15) is 14.0 Å². The van der Waals surface area contributed by atoms with Crippen molar-refractivity contribution in [1.29, 1.82) is 0 Å². The number of anilines is 1. The molecule has 1 aliphatic carbocycles. The van der Waals surface area contributed by atoms with E-state index in [0.29, 0.717) is 5.56 Å². The molecule has 0 bridgehead atoms. The normalized spacial score (nSPS) is 13.9. The summed E-state index contributed by atoms with van der Waals surface area (Å²) in [4.78, 5) is 24.4. The third-order valence-electron chi connectivity index (χ3n) is 4.18. The fourth-order valence-corrected chi connectivity index (χ4v) is 3.02. The molecule has 0 fully saturated rings. The number of carbonyl (C=O) groups is 2. The quantitative estimate of drug-likeness (QED) is 0.832. The summed E-state index contributed by atoms with van der Waals surface area (Å²) in [7, 11) is 0. The van der Waals surface area contributed by atoms with Crippen LogP contribution in [0.5, 0.6) is 0 Å². The van der Waals surface area contributed by atoms with Gasteiger partial charge in [-0.15, -0.1) is 0 Å². The Hall–Kier alpha value is -2.40. The van der Waals surface area contributed by atoms with Gasteiger partial charge < -0.3 is 10.1 Å². The van der Waals surface area contributed by atoms with Crippen LogP contribution in [0, 0.1) is 5.82 Å². The first-order chi connectivity index (χ1) is 11.9. The fraction of sp³-hybridized carbons (Fsp3) is 0.263. The number of nitrogens with one attached hydrogen (secondary N) is 1. The molecule has 1 aliphatic rings. The molecule has 1 amide bonds. The van der Waals surface area contributed by atoms with E-state index < -0.39 is 23.8 Å². The maximum Gasteiger partial charge on any atom is 0.338 e. The molecule has 0 unspecified atom stereocenters. The van der Waals surface area contributed by atoms with Crippen molar-refractivity contribution in [3.8, 4) is 0 Å². The van der Waals surface area contributed by atoms with Gasteiger partial charge in [0.05, 0.1) is 16.3 Å². The summed E-state index contributed by atoms with van der Waals surface area (Å²) in [5.74, 6) is -1.59. The van der Waals surface area contributed by atoms with Crippen LogP contribution in [0.3, 0.4) is 0 Å². The van der Waals surface area contributed by atoms with E-state index in [1.165, 1.54) is 24.6 Å². The van der Waals surface area contributed by atoms with Gasteiger partial charge in [0.15, 0.2) is 6.10 Å². The lowest BCUT2D eigenvalue weighted by Gasteiger charge is -2.14. The van der Waals surface area contributed by atoms with Gasteiger partial charge in [-0.1, -0.05) is 17.7 Å². The van der Waals surface area contributed by atoms with Gasteiger partial charge >= 0.3 is 5.97 Å². The Kier molecular flexibility index (Phi) is 5.04. The summed E-state index contributed by atoms with van der Waals surface area (Å²) in [6, 6.07) is 9.10. The number of amides is 1. The van der Waals surface area contributed by atoms with Crippen molar-refractivity contribution in [1.82, 2.24) is 0 Å². The van der Waals surface area contributed by atoms with Crippen LogP contribution in [0.2, 0.25) is 5.02 Å². The van der Waals surface area contributed by atoms with Crippen molar-refractivity contribution in [3.63, 3.8) is 0 Å². The van der Waals surface area contributed by atoms with E-state index in [2.05, 4.69) is 5.32 Å². The average Bonchev–Trinajstić information content (AvgIpc) is 3.04. The number of fused-ring (bicyclic) bond motifs is 1. The van der Waals surface area contributed by atoms with Crippen LogP contribution in [-0.2, 0) is 22.4 Å². The summed E-state index contributed by atoms with van der Waals surface area (Å²) < 4.78 is 18.3. The Balaban J connectivity index is 1.63. The Morgan fingerprint density at radius 2 is 1.92 bits per heavy atom. The molecule has 3 rings (SSSR count). The molecule has 25 heavy (non-hydrogen) atoms. The van der Waals surface area contributed by atoms with Gasteiger partial charge in [-0.25, -0.2) is 9.18 Å². The second-order valence-corrected chi connectivity index (χ2v) is 6.41. The number of halogens is 2. The van der Waals surface area contributed by atoms with Gasteiger partial charge in [0.1, 0.15) is 5.82 Å². The number of carbonyl (C=O) groups excluding carboxylic acids is 2. The number of aryl methyl sites for hydroxylation is 2. The predicted molar refractivity (Wildman–Crippen MR) is 93.4 cm³/mol. The number of esters is 1. The van der Waals surface area contributed by atoms with Crippen molar-refractivity contribution in [2.24, 2.45) is 0 Å². The zero-order valence-electron chi connectivity index (χ0n) is 13.6. The predicted octanol–water partition coefficient (Wildman–Crippen LogP) is 4.15. The highest BCUT2D eigenvalue weighted by Crippen LogP contribution is 2.24. The topological polar surface area (TPSA) is 55.4 Å². The summed E-state index contributed by atoms with van der Waals surface area (Å²) in [6.07, 6.45) is 2.06. The van der Waals surface area contributed by atoms with Crippen LogP contribution in [0.4, 0.5) is 10.1 Å². The lowest BCUT2D eigenvalue weighted by atomic mass is 10.1. The van der Waals surface area contributed by atoms with Gasteiger partial charge in [-0.3, -0.25) is 4.79 Å². The maximum atomic E-state index is 13.0. The van der Waals surface area contributed by atoms with E-state index in [0.717, 1.165) is 30.9 Å². The Bertz CT molecular complexity index is 837. The SMILES string of the molecule is C[C@@H](OC(=O)c1ccc2c(c1)CCC2)C(=O)Nc1ccc(F)cc1Cl. The summed E-state index contributed by atoms with van der Waals surface area (Å²) >= 11 is 5.87. The minimum Gasteiger partial charge on any atom is -0.449 e. The highest BCUT2D eigenvalue weighted by molar-refractivity contribution is 6.33. The third-order valence-corrected chi connectivity index (χ3v) is 4.49. The first kappa shape index (κ1) is 17.4. The number of hydrogen-bond acceptors (Lipinski definition) is 3. The minimum absolute atomic E-state index is 0.0745. The molecule has 0 aromatic heterocycles. The number of ether oxygens (including phenoxy) is 1. The van der Waals surface area contributed by atoms with Crippen LogP contribution in [0.1, 0.15) is 34.8 Å². The molecule has 0 aliphatic heterocycles. The molecule has 6 heteroatoms. The summed E-state index contributed by atoms with van der Waals surface area (Å²) in [5.41, 5.74) is 3.10. The standard InChI is InChI=1S/C19H17ClFNO3/c1-11(18(23)22-17-8-7-15(21)10-16(17)20)25-19(24)14-6-5-12-3-2-4-13(12)9-14/h5-11H,2-4H2,1H3,(H,22,23)/t11-/m1/s1. The lowest BCUT2D eigenvalue weighted by molar-refractivity contribution is -0.123. The molecular weight excluding hydrogens is 345 g/mol. The number of hydrogen-bond donors (Lipinski definition) is 1. The second-order valence-electron chi connectivity index (χ2n) is 6.00. The van der Waals surface area contributed by atoms with E-state index in [-0.39, 0.29) is 10.7 Å². The van der Waals surface area contributed by atoms with E-state index in [4.69, 9.17) is 16.3 Å². The molecule has 4 nitrogen and oxygen atoms in total. The Morgan fingerprint density at radius 1 is 1.16 bits per heavy atom. The van der Waals surface area contributed by atoms with E-state index in [1.807, 2.05) is 12.1 Å². The summed E-state index contributed by atoms with van der Waals surface area (Å²) in [5, 5.41) is 2.60. The smallest absolute Gasteiger partial charge is 0.338 e. The average molecular weight is 362 g/mol. The first-order valence-electron chi connectivity index (χ1n) is 8.03. The Labute approximate surface area is 149 Å². The van der Waals surface area contributed by atoms with Gasteiger partial charge in [-0.2, -0.15) is 0 Å². The van der Waals surface area contributed by atoms with Crippen molar-refractivity contribution >= 4 is 29.2 Å². The Morgan fingerprint density at radius 3 is 2.68 bits per heavy atom. The van der Waals surface area contributed by atoms with Crippen molar-refractivity contribution in [2.45, 2.75) is 32.3 Å². The molecule has 1 N–H and O–H groups in total. The monoisotopic (exact) mass is 361 g/mol. The third kappa shape index (κ3) is 3.99.